The van der Waals surface area contributed by atoms with Crippen molar-refractivity contribution in [3.8, 4) is 0 Å². The van der Waals surface area contributed by atoms with E-state index in [0.29, 0.717) is 25.4 Å². The van der Waals surface area contributed by atoms with Gasteiger partial charge in [0.25, 0.3) is 0 Å². The molecule has 2 heterocycles. The number of amides is 2. The van der Waals surface area contributed by atoms with Gasteiger partial charge in [-0.15, -0.1) is 5.10 Å². The van der Waals surface area contributed by atoms with Crippen molar-refractivity contribution in [1.29, 1.82) is 0 Å². The molecule has 0 fully saturated rings. The Balaban J connectivity index is 1.73. The van der Waals surface area contributed by atoms with E-state index in [9.17, 15) is 4.79 Å². The third kappa shape index (κ3) is 3.94. The van der Waals surface area contributed by atoms with Gasteiger partial charge in [0.15, 0.2) is 0 Å². The Morgan fingerprint density at radius 2 is 2.20 bits per heavy atom. The van der Waals surface area contributed by atoms with Gasteiger partial charge in [0.1, 0.15) is 5.52 Å². The second-order valence-corrected chi connectivity index (χ2v) is 5.78. The molecule has 0 atom stereocenters. The van der Waals surface area contributed by atoms with Gasteiger partial charge in [0, 0.05) is 45.2 Å². The van der Waals surface area contributed by atoms with Crippen molar-refractivity contribution in [2.45, 2.75) is 6.54 Å². The smallest absolute Gasteiger partial charge is 0.322 e. The molecular weight excluding hydrogens is 322 g/mol. The predicted molar refractivity (Wildman–Crippen MR) is 93.0 cm³/mol. The van der Waals surface area contributed by atoms with E-state index in [0.717, 1.165) is 16.6 Å². The highest BCUT2D eigenvalue weighted by atomic mass is 16.5. The Morgan fingerprint density at radius 3 is 2.92 bits per heavy atom. The summed E-state index contributed by atoms with van der Waals surface area (Å²) in [5.41, 5.74) is 3.27. The minimum Gasteiger partial charge on any atom is -0.383 e. The van der Waals surface area contributed by atoms with Crippen LogP contribution in [0.4, 0.5) is 10.5 Å². The number of carbonyl (C=O) groups is 1. The Morgan fingerprint density at radius 1 is 1.36 bits per heavy atom. The zero-order valence-corrected chi connectivity index (χ0v) is 14.5. The van der Waals surface area contributed by atoms with Gasteiger partial charge in [-0.25, -0.2) is 9.48 Å². The first kappa shape index (κ1) is 16.9. The lowest BCUT2D eigenvalue weighted by Gasteiger charge is -2.22. The highest BCUT2D eigenvalue weighted by Crippen LogP contribution is 2.17. The molecule has 3 rings (SSSR count). The van der Waals surface area contributed by atoms with Crippen molar-refractivity contribution in [3.63, 3.8) is 0 Å². The van der Waals surface area contributed by atoms with Gasteiger partial charge in [0.05, 0.1) is 24.9 Å². The third-order valence-corrected chi connectivity index (χ3v) is 3.85. The van der Waals surface area contributed by atoms with Crippen LogP contribution in [0.3, 0.4) is 0 Å². The van der Waals surface area contributed by atoms with Crippen LogP contribution in [0.15, 0.2) is 30.6 Å². The fourth-order valence-electron chi connectivity index (χ4n) is 2.55. The predicted octanol–water partition coefficient (Wildman–Crippen LogP) is 1.38. The quantitative estimate of drug-likeness (QED) is 0.730. The molecule has 9 nitrogen and oxygen atoms in total. The Kier molecular flexibility index (Phi) is 4.94. The van der Waals surface area contributed by atoms with Crippen molar-refractivity contribution in [2.75, 3.05) is 25.6 Å². The van der Waals surface area contributed by atoms with Crippen LogP contribution in [0.5, 0.6) is 0 Å². The van der Waals surface area contributed by atoms with Crippen molar-refractivity contribution in [1.82, 2.24) is 29.7 Å². The maximum absolute atomic E-state index is 12.7. The van der Waals surface area contributed by atoms with E-state index in [-0.39, 0.29) is 6.03 Å². The van der Waals surface area contributed by atoms with Crippen molar-refractivity contribution in [2.24, 2.45) is 14.1 Å². The van der Waals surface area contributed by atoms with Crippen LogP contribution in [0.25, 0.3) is 11.0 Å². The highest BCUT2D eigenvalue weighted by Gasteiger charge is 2.15. The summed E-state index contributed by atoms with van der Waals surface area (Å²) < 4.78 is 8.51. The maximum Gasteiger partial charge on any atom is 0.322 e. The van der Waals surface area contributed by atoms with E-state index < -0.39 is 0 Å². The number of ether oxygens (including phenoxy) is 1. The molecule has 132 valence electrons. The second-order valence-electron chi connectivity index (χ2n) is 5.78. The van der Waals surface area contributed by atoms with Gasteiger partial charge in [-0.05, 0) is 18.2 Å². The summed E-state index contributed by atoms with van der Waals surface area (Å²) in [5, 5.41) is 15.1. The van der Waals surface area contributed by atoms with Gasteiger partial charge in [0.2, 0.25) is 0 Å². The number of hydrogen-bond acceptors (Lipinski definition) is 5. The molecule has 25 heavy (non-hydrogen) atoms. The number of aromatic nitrogens is 5. The third-order valence-electron chi connectivity index (χ3n) is 3.85. The molecule has 9 heteroatoms. The first-order chi connectivity index (χ1) is 12.1. The molecule has 0 bridgehead atoms. The number of carbonyl (C=O) groups excluding carboxylic acids is 1. The lowest BCUT2D eigenvalue weighted by molar-refractivity contribution is 0.153. The van der Waals surface area contributed by atoms with Crippen molar-refractivity contribution in [3.05, 3.63) is 36.2 Å². The summed E-state index contributed by atoms with van der Waals surface area (Å²) in [6, 6.07) is 5.32. The fraction of sp³-hybridized carbons (Fsp3) is 0.375. The van der Waals surface area contributed by atoms with Gasteiger partial charge >= 0.3 is 6.03 Å². The largest absolute Gasteiger partial charge is 0.383 e. The van der Waals surface area contributed by atoms with E-state index in [1.807, 2.05) is 32.4 Å². The van der Waals surface area contributed by atoms with Crippen molar-refractivity contribution >= 4 is 22.8 Å². The Hall–Kier alpha value is -2.94. The summed E-state index contributed by atoms with van der Waals surface area (Å²) in [6.07, 6.45) is 3.64. The molecule has 0 aliphatic rings. The normalized spacial score (nSPS) is 11.0. The minimum absolute atomic E-state index is 0.204. The van der Waals surface area contributed by atoms with E-state index in [2.05, 4.69) is 20.7 Å². The zero-order valence-electron chi connectivity index (χ0n) is 14.5. The minimum atomic E-state index is -0.204. The molecule has 0 radical (unpaired) electrons. The standard InChI is InChI=1S/C16H21N7O2/c1-21-10-12(9-17-21)11-23(6-7-25-3)16(24)18-13-4-5-15-14(8-13)19-20-22(15)2/h4-5,8-10H,6-7,11H2,1-3H3,(H,18,24). The topological polar surface area (TPSA) is 90.1 Å². The van der Waals surface area contributed by atoms with Crippen LogP contribution in [0.1, 0.15) is 5.56 Å². The van der Waals surface area contributed by atoms with Crippen LogP contribution in [-0.2, 0) is 25.4 Å². The number of methoxy groups -OCH3 is 1. The molecule has 3 aromatic rings. The number of benzene rings is 1. The molecule has 2 aromatic heterocycles. The SMILES string of the molecule is COCCN(Cc1cnn(C)c1)C(=O)Nc1ccc2c(c1)nnn2C. The number of aryl methyl sites for hydroxylation is 2. The summed E-state index contributed by atoms with van der Waals surface area (Å²) >= 11 is 0. The van der Waals surface area contributed by atoms with E-state index in [1.165, 1.54) is 0 Å². The number of nitrogens with zero attached hydrogens (tertiary/aromatic N) is 6. The number of rotatable bonds is 6. The summed E-state index contributed by atoms with van der Waals surface area (Å²) in [7, 11) is 5.29. The highest BCUT2D eigenvalue weighted by molar-refractivity contribution is 5.91. The first-order valence-corrected chi connectivity index (χ1v) is 7.88. The van der Waals surface area contributed by atoms with Gasteiger partial charge in [-0.3, -0.25) is 4.68 Å². The number of fused-ring (bicyclic) bond motifs is 1. The molecular formula is C16H21N7O2. The molecule has 0 unspecified atom stereocenters. The van der Waals surface area contributed by atoms with Crippen molar-refractivity contribution < 1.29 is 9.53 Å². The van der Waals surface area contributed by atoms with Crippen LogP contribution in [-0.4, -0.2) is 56.0 Å². The van der Waals surface area contributed by atoms with E-state index in [4.69, 9.17) is 4.74 Å². The number of anilines is 1. The van der Waals surface area contributed by atoms with E-state index >= 15 is 0 Å². The first-order valence-electron chi connectivity index (χ1n) is 7.88. The lowest BCUT2D eigenvalue weighted by Crippen LogP contribution is -2.36. The van der Waals surface area contributed by atoms with Crippen LogP contribution in [0.2, 0.25) is 0 Å². The lowest BCUT2D eigenvalue weighted by atomic mass is 10.2. The van der Waals surface area contributed by atoms with Gasteiger partial charge in [-0.2, -0.15) is 5.10 Å². The number of urea groups is 1. The Bertz CT molecular complexity index is 870. The molecule has 0 aliphatic heterocycles. The van der Waals surface area contributed by atoms with Crippen LogP contribution >= 0.6 is 0 Å². The monoisotopic (exact) mass is 343 g/mol. The Labute approximate surface area is 145 Å². The molecule has 0 spiro atoms. The summed E-state index contributed by atoms with van der Waals surface area (Å²) in [4.78, 5) is 14.3. The zero-order chi connectivity index (χ0) is 17.8. The molecule has 1 N–H and O–H groups in total. The molecule has 2 amide bonds. The average Bonchev–Trinajstić information content (AvgIpc) is 3.17. The summed E-state index contributed by atoms with van der Waals surface area (Å²) in [6.45, 7) is 1.39. The van der Waals surface area contributed by atoms with Crippen LogP contribution in [0, 0.1) is 0 Å². The number of hydrogen-bond donors (Lipinski definition) is 1. The number of nitrogens with one attached hydrogen (secondary N) is 1. The van der Waals surface area contributed by atoms with Crippen LogP contribution < -0.4 is 5.32 Å². The summed E-state index contributed by atoms with van der Waals surface area (Å²) in [5.74, 6) is 0. The van der Waals surface area contributed by atoms with E-state index in [1.54, 1.807) is 33.6 Å². The van der Waals surface area contributed by atoms with Gasteiger partial charge in [-0.1, -0.05) is 5.21 Å². The average molecular weight is 343 g/mol. The fourth-order valence-corrected chi connectivity index (χ4v) is 2.55. The molecule has 0 saturated carbocycles. The molecule has 0 aliphatic carbocycles. The molecule has 1 aromatic carbocycles. The molecule has 0 saturated heterocycles. The second kappa shape index (κ2) is 7.31. The maximum atomic E-state index is 12.7. The van der Waals surface area contributed by atoms with Gasteiger partial charge < -0.3 is 15.0 Å².